The molecule has 2 aromatic rings. The van der Waals surface area contributed by atoms with Gasteiger partial charge in [0.25, 0.3) is 5.69 Å². The van der Waals surface area contributed by atoms with Crippen LogP contribution in [-0.2, 0) is 6.54 Å². The van der Waals surface area contributed by atoms with Gasteiger partial charge in [-0.2, -0.15) is 0 Å². The first-order valence-corrected chi connectivity index (χ1v) is 7.17. The van der Waals surface area contributed by atoms with E-state index in [0.717, 1.165) is 10.0 Å². The Morgan fingerprint density at radius 2 is 1.90 bits per heavy atom. The van der Waals surface area contributed by atoms with E-state index in [-0.39, 0.29) is 11.5 Å². The van der Waals surface area contributed by atoms with Gasteiger partial charge in [-0.1, -0.05) is 6.07 Å². The summed E-state index contributed by atoms with van der Waals surface area (Å²) < 4.78 is 14.2. The highest BCUT2D eigenvalue weighted by Crippen LogP contribution is 2.27. The van der Waals surface area contributed by atoms with Crippen molar-refractivity contribution in [2.45, 2.75) is 6.54 Å². The largest absolute Gasteiger partial charge is 0.380 e. The van der Waals surface area contributed by atoms with E-state index in [1.807, 2.05) is 0 Å². The predicted octanol–water partition coefficient (Wildman–Crippen LogP) is 4.87. The molecule has 0 saturated carbocycles. The summed E-state index contributed by atoms with van der Waals surface area (Å²) in [6, 6.07) is 9.16. The van der Waals surface area contributed by atoms with E-state index >= 15 is 0 Å². The Kier molecular flexibility index (Phi) is 4.72. The number of hydrogen-bond donors (Lipinski definition) is 1. The summed E-state index contributed by atoms with van der Waals surface area (Å²) >= 11 is 6.44. The lowest BCUT2D eigenvalue weighted by atomic mass is 10.2. The van der Waals surface area contributed by atoms with E-state index in [1.165, 1.54) is 18.2 Å². The minimum Gasteiger partial charge on any atom is -0.380 e. The lowest BCUT2D eigenvalue weighted by molar-refractivity contribution is -0.384. The van der Waals surface area contributed by atoms with Gasteiger partial charge in [0.2, 0.25) is 0 Å². The quantitative estimate of drug-likeness (QED) is 0.585. The van der Waals surface area contributed by atoms with Gasteiger partial charge >= 0.3 is 0 Å². The second-order valence-corrected chi connectivity index (χ2v) is 5.73. The molecule has 0 aliphatic heterocycles. The second kappa shape index (κ2) is 6.32. The third kappa shape index (κ3) is 3.55. The Hall–Kier alpha value is -1.47. The van der Waals surface area contributed by atoms with Crippen molar-refractivity contribution in [2.24, 2.45) is 0 Å². The summed E-state index contributed by atoms with van der Waals surface area (Å²) in [5.74, 6) is -0.328. The zero-order valence-electron chi connectivity index (χ0n) is 10.1. The Morgan fingerprint density at radius 1 is 1.15 bits per heavy atom. The molecular formula is C13H9Br2FN2O2. The van der Waals surface area contributed by atoms with Gasteiger partial charge in [0.05, 0.1) is 15.1 Å². The maximum absolute atomic E-state index is 13.1. The monoisotopic (exact) mass is 402 g/mol. The third-order valence-corrected chi connectivity index (χ3v) is 3.93. The normalized spacial score (nSPS) is 10.3. The molecule has 4 nitrogen and oxygen atoms in total. The number of nitro groups is 1. The van der Waals surface area contributed by atoms with Crippen molar-refractivity contribution < 1.29 is 9.31 Å². The summed E-state index contributed by atoms with van der Waals surface area (Å²) in [5.41, 5.74) is 1.48. The van der Waals surface area contributed by atoms with Crippen molar-refractivity contribution in [3.05, 3.63) is 66.8 Å². The molecular weight excluding hydrogens is 395 g/mol. The number of non-ortho nitro benzene ring substituents is 1. The van der Waals surface area contributed by atoms with Crippen molar-refractivity contribution >= 4 is 43.2 Å². The van der Waals surface area contributed by atoms with E-state index in [1.54, 1.807) is 18.2 Å². The molecule has 2 rings (SSSR count). The SMILES string of the molecule is O=[N+]([O-])c1ccc(Br)c(NCc2ccc(F)c(Br)c2)c1. The zero-order chi connectivity index (χ0) is 14.7. The molecule has 0 radical (unpaired) electrons. The fourth-order valence-electron chi connectivity index (χ4n) is 1.61. The maximum atomic E-state index is 13.1. The first kappa shape index (κ1) is 14.9. The highest BCUT2D eigenvalue weighted by atomic mass is 79.9. The zero-order valence-corrected chi connectivity index (χ0v) is 13.2. The van der Waals surface area contributed by atoms with Crippen LogP contribution >= 0.6 is 31.9 Å². The Bertz CT molecular complexity index is 665. The van der Waals surface area contributed by atoms with Crippen molar-refractivity contribution in [3.8, 4) is 0 Å². The van der Waals surface area contributed by atoms with Crippen LogP contribution in [0.3, 0.4) is 0 Å². The molecule has 0 heterocycles. The lowest BCUT2D eigenvalue weighted by Crippen LogP contribution is -2.01. The van der Waals surface area contributed by atoms with Gasteiger partial charge in [-0.3, -0.25) is 10.1 Å². The summed E-state index contributed by atoms with van der Waals surface area (Å²) in [6.45, 7) is 0.429. The number of nitrogens with zero attached hydrogens (tertiary/aromatic N) is 1. The van der Waals surface area contributed by atoms with Gasteiger partial charge in [0, 0.05) is 23.2 Å². The molecule has 2 aromatic carbocycles. The minimum atomic E-state index is -0.452. The van der Waals surface area contributed by atoms with E-state index in [4.69, 9.17) is 0 Å². The van der Waals surface area contributed by atoms with Crippen molar-refractivity contribution in [1.82, 2.24) is 0 Å². The van der Waals surface area contributed by atoms with Gasteiger partial charge in [-0.25, -0.2) is 4.39 Å². The van der Waals surface area contributed by atoms with Gasteiger partial charge in [0.1, 0.15) is 5.82 Å². The lowest BCUT2D eigenvalue weighted by Gasteiger charge is -2.09. The molecule has 7 heteroatoms. The van der Waals surface area contributed by atoms with Crippen molar-refractivity contribution in [2.75, 3.05) is 5.32 Å². The molecule has 0 atom stereocenters. The van der Waals surface area contributed by atoms with Crippen LogP contribution < -0.4 is 5.32 Å². The number of nitrogens with one attached hydrogen (secondary N) is 1. The molecule has 0 aliphatic rings. The standard InChI is InChI=1S/C13H9Br2FN2O2/c14-10-3-2-9(18(19)20)6-13(10)17-7-8-1-4-12(16)11(15)5-8/h1-6,17H,7H2. The van der Waals surface area contributed by atoms with Crippen LogP contribution in [-0.4, -0.2) is 4.92 Å². The highest BCUT2D eigenvalue weighted by Gasteiger charge is 2.09. The number of hydrogen-bond acceptors (Lipinski definition) is 3. The second-order valence-electron chi connectivity index (χ2n) is 4.02. The molecule has 0 fully saturated rings. The molecule has 0 unspecified atom stereocenters. The number of anilines is 1. The van der Waals surface area contributed by atoms with E-state index in [2.05, 4.69) is 37.2 Å². The van der Waals surface area contributed by atoms with Crippen LogP contribution in [0.5, 0.6) is 0 Å². The van der Waals surface area contributed by atoms with E-state index in [9.17, 15) is 14.5 Å². The highest BCUT2D eigenvalue weighted by molar-refractivity contribution is 9.10. The molecule has 0 spiro atoms. The molecule has 0 aliphatic carbocycles. The molecule has 0 bridgehead atoms. The van der Waals surface area contributed by atoms with Crippen molar-refractivity contribution in [3.63, 3.8) is 0 Å². The van der Waals surface area contributed by atoms with Crippen LogP contribution in [0.4, 0.5) is 15.8 Å². The van der Waals surface area contributed by atoms with Gasteiger partial charge in [-0.15, -0.1) is 0 Å². The average molecular weight is 404 g/mol. The molecule has 0 aromatic heterocycles. The van der Waals surface area contributed by atoms with Gasteiger partial charge < -0.3 is 5.32 Å². The summed E-state index contributed by atoms with van der Waals surface area (Å²) in [4.78, 5) is 10.3. The van der Waals surface area contributed by atoms with Crippen LogP contribution in [0.25, 0.3) is 0 Å². The average Bonchev–Trinajstić information content (AvgIpc) is 2.41. The van der Waals surface area contributed by atoms with Crippen LogP contribution in [0.15, 0.2) is 45.3 Å². The fourth-order valence-corrected chi connectivity index (χ4v) is 2.42. The van der Waals surface area contributed by atoms with Gasteiger partial charge in [-0.05, 0) is 55.6 Å². The fraction of sp³-hybridized carbons (Fsp3) is 0.0769. The minimum absolute atomic E-state index is 0.0102. The van der Waals surface area contributed by atoms with Crippen LogP contribution in [0, 0.1) is 15.9 Å². The topological polar surface area (TPSA) is 55.2 Å². The smallest absolute Gasteiger partial charge is 0.271 e. The Balaban J connectivity index is 2.15. The first-order valence-electron chi connectivity index (χ1n) is 5.59. The third-order valence-electron chi connectivity index (χ3n) is 2.63. The summed E-state index contributed by atoms with van der Waals surface area (Å²) in [5, 5.41) is 13.8. The summed E-state index contributed by atoms with van der Waals surface area (Å²) in [7, 11) is 0. The molecule has 20 heavy (non-hydrogen) atoms. The molecule has 1 N–H and O–H groups in total. The molecule has 0 amide bonds. The molecule has 104 valence electrons. The summed E-state index contributed by atoms with van der Waals surface area (Å²) in [6.07, 6.45) is 0. The Morgan fingerprint density at radius 3 is 2.55 bits per heavy atom. The van der Waals surface area contributed by atoms with E-state index in [0.29, 0.717) is 16.7 Å². The van der Waals surface area contributed by atoms with Crippen LogP contribution in [0.1, 0.15) is 5.56 Å². The maximum Gasteiger partial charge on any atom is 0.271 e. The number of nitro benzene ring substituents is 1. The Labute approximate surface area is 131 Å². The predicted molar refractivity (Wildman–Crippen MR) is 82.2 cm³/mol. The van der Waals surface area contributed by atoms with E-state index < -0.39 is 4.92 Å². The number of benzene rings is 2. The molecule has 0 saturated heterocycles. The first-order chi connectivity index (χ1) is 9.47. The van der Waals surface area contributed by atoms with Crippen LogP contribution in [0.2, 0.25) is 0 Å². The number of halogens is 3. The van der Waals surface area contributed by atoms with Gasteiger partial charge in [0.15, 0.2) is 0 Å². The number of rotatable bonds is 4. The van der Waals surface area contributed by atoms with Crippen molar-refractivity contribution in [1.29, 1.82) is 0 Å².